The minimum Gasteiger partial charge on any atom is -0.354 e. The summed E-state index contributed by atoms with van der Waals surface area (Å²) in [6.07, 6.45) is 6.33. The van der Waals surface area contributed by atoms with Crippen LogP contribution in [0.2, 0.25) is 0 Å². The van der Waals surface area contributed by atoms with E-state index in [-0.39, 0.29) is 5.91 Å². The SMILES string of the molecule is CCCN(CCC)C(=O)c1cncc(Nc2ccc(CC)cc2)c1. The maximum absolute atomic E-state index is 12.7. The molecule has 0 saturated heterocycles. The molecule has 0 unspecified atom stereocenters. The van der Waals surface area contributed by atoms with Crippen molar-refractivity contribution in [1.29, 1.82) is 0 Å². The van der Waals surface area contributed by atoms with E-state index in [9.17, 15) is 4.79 Å². The monoisotopic (exact) mass is 325 g/mol. The van der Waals surface area contributed by atoms with Crippen molar-refractivity contribution in [2.75, 3.05) is 18.4 Å². The van der Waals surface area contributed by atoms with Crippen molar-refractivity contribution in [2.45, 2.75) is 40.0 Å². The molecule has 1 N–H and O–H groups in total. The third kappa shape index (κ3) is 4.82. The lowest BCUT2D eigenvalue weighted by molar-refractivity contribution is 0.0755. The van der Waals surface area contributed by atoms with Gasteiger partial charge in [0.15, 0.2) is 0 Å². The van der Waals surface area contributed by atoms with Gasteiger partial charge in [-0.1, -0.05) is 32.9 Å². The summed E-state index contributed by atoms with van der Waals surface area (Å²) in [4.78, 5) is 18.8. The van der Waals surface area contributed by atoms with Gasteiger partial charge in [-0.05, 0) is 43.0 Å². The summed E-state index contributed by atoms with van der Waals surface area (Å²) >= 11 is 0. The summed E-state index contributed by atoms with van der Waals surface area (Å²) < 4.78 is 0. The smallest absolute Gasteiger partial charge is 0.255 e. The minimum atomic E-state index is 0.0520. The van der Waals surface area contributed by atoms with Crippen LogP contribution in [0, 0.1) is 0 Å². The minimum absolute atomic E-state index is 0.0520. The van der Waals surface area contributed by atoms with E-state index in [1.54, 1.807) is 12.4 Å². The lowest BCUT2D eigenvalue weighted by Crippen LogP contribution is -2.32. The van der Waals surface area contributed by atoms with Gasteiger partial charge in [-0.25, -0.2) is 0 Å². The second-order valence-corrected chi connectivity index (χ2v) is 5.93. The van der Waals surface area contributed by atoms with E-state index in [0.717, 1.165) is 43.7 Å². The van der Waals surface area contributed by atoms with E-state index >= 15 is 0 Å². The van der Waals surface area contributed by atoms with Crippen LogP contribution >= 0.6 is 0 Å². The third-order valence-corrected chi connectivity index (χ3v) is 3.91. The van der Waals surface area contributed by atoms with Crippen LogP contribution < -0.4 is 5.32 Å². The van der Waals surface area contributed by atoms with Crippen molar-refractivity contribution in [3.05, 3.63) is 53.9 Å². The molecule has 2 aromatic rings. The summed E-state index contributed by atoms with van der Waals surface area (Å²) in [5.74, 6) is 0.0520. The van der Waals surface area contributed by atoms with E-state index in [4.69, 9.17) is 0 Å². The summed E-state index contributed by atoms with van der Waals surface area (Å²) in [7, 11) is 0. The van der Waals surface area contributed by atoms with Crippen LogP contribution in [-0.2, 0) is 6.42 Å². The van der Waals surface area contributed by atoms with Gasteiger partial charge in [-0.3, -0.25) is 9.78 Å². The summed E-state index contributed by atoms with van der Waals surface area (Å²) in [6, 6.07) is 10.2. The molecular weight excluding hydrogens is 298 g/mol. The van der Waals surface area contributed by atoms with Gasteiger partial charge in [-0.2, -0.15) is 0 Å². The van der Waals surface area contributed by atoms with Crippen LogP contribution in [0.1, 0.15) is 49.5 Å². The van der Waals surface area contributed by atoms with Crippen molar-refractivity contribution in [1.82, 2.24) is 9.88 Å². The molecule has 1 heterocycles. The first-order chi connectivity index (χ1) is 11.7. The van der Waals surface area contributed by atoms with Crippen LogP contribution in [0.15, 0.2) is 42.7 Å². The van der Waals surface area contributed by atoms with Gasteiger partial charge < -0.3 is 10.2 Å². The van der Waals surface area contributed by atoms with Crippen molar-refractivity contribution in [3.8, 4) is 0 Å². The Labute approximate surface area is 144 Å². The molecule has 0 fully saturated rings. The van der Waals surface area contributed by atoms with Crippen LogP contribution in [0.3, 0.4) is 0 Å². The number of nitrogens with zero attached hydrogens (tertiary/aromatic N) is 2. The zero-order chi connectivity index (χ0) is 17.4. The molecule has 0 radical (unpaired) electrons. The number of benzene rings is 1. The Bertz CT molecular complexity index is 646. The van der Waals surface area contributed by atoms with Gasteiger partial charge in [-0.15, -0.1) is 0 Å². The number of hydrogen-bond donors (Lipinski definition) is 1. The Kier molecular flexibility index (Phi) is 6.79. The zero-order valence-electron chi connectivity index (χ0n) is 14.9. The van der Waals surface area contributed by atoms with Gasteiger partial charge in [0.05, 0.1) is 17.4 Å². The quantitative estimate of drug-likeness (QED) is 0.768. The Hall–Kier alpha value is -2.36. The number of pyridine rings is 1. The van der Waals surface area contributed by atoms with Crippen molar-refractivity contribution in [3.63, 3.8) is 0 Å². The molecule has 1 amide bonds. The van der Waals surface area contributed by atoms with Crippen LogP contribution in [-0.4, -0.2) is 28.9 Å². The highest BCUT2D eigenvalue weighted by molar-refractivity contribution is 5.94. The first-order valence-corrected chi connectivity index (χ1v) is 8.78. The van der Waals surface area contributed by atoms with Crippen LogP contribution in [0.25, 0.3) is 0 Å². The Morgan fingerprint density at radius 3 is 2.25 bits per heavy atom. The highest BCUT2D eigenvalue weighted by Crippen LogP contribution is 2.18. The molecule has 0 bridgehead atoms. The normalized spacial score (nSPS) is 10.5. The van der Waals surface area contributed by atoms with E-state index in [0.29, 0.717) is 5.56 Å². The number of aromatic nitrogens is 1. The Morgan fingerprint density at radius 2 is 1.67 bits per heavy atom. The van der Waals surface area contributed by atoms with Gasteiger partial charge in [0.2, 0.25) is 0 Å². The first-order valence-electron chi connectivity index (χ1n) is 8.78. The van der Waals surface area contributed by atoms with Gasteiger partial charge in [0.1, 0.15) is 0 Å². The van der Waals surface area contributed by atoms with Crippen LogP contribution in [0.5, 0.6) is 0 Å². The van der Waals surface area contributed by atoms with E-state index < -0.39 is 0 Å². The standard InChI is InChI=1S/C20H27N3O/c1-4-11-23(12-5-2)20(24)17-13-19(15-21-14-17)22-18-9-7-16(6-3)8-10-18/h7-10,13-15,22H,4-6,11-12H2,1-3H3. The zero-order valence-corrected chi connectivity index (χ0v) is 14.9. The molecule has 0 aliphatic heterocycles. The van der Waals surface area contributed by atoms with E-state index in [2.05, 4.69) is 43.2 Å². The number of amides is 1. The molecule has 24 heavy (non-hydrogen) atoms. The number of anilines is 2. The molecule has 2 rings (SSSR count). The molecule has 1 aromatic carbocycles. The maximum atomic E-state index is 12.7. The Balaban J connectivity index is 2.13. The lowest BCUT2D eigenvalue weighted by atomic mass is 10.1. The predicted molar refractivity (Wildman–Crippen MR) is 99.8 cm³/mol. The highest BCUT2D eigenvalue weighted by atomic mass is 16.2. The number of rotatable bonds is 8. The lowest BCUT2D eigenvalue weighted by Gasteiger charge is -2.21. The molecule has 0 aliphatic rings. The number of hydrogen-bond acceptors (Lipinski definition) is 3. The van der Waals surface area contributed by atoms with Gasteiger partial charge in [0.25, 0.3) is 5.91 Å². The van der Waals surface area contributed by atoms with E-state index in [1.165, 1.54) is 5.56 Å². The average Bonchev–Trinajstić information content (AvgIpc) is 2.62. The fourth-order valence-corrected chi connectivity index (χ4v) is 2.65. The van der Waals surface area contributed by atoms with Gasteiger partial charge in [0, 0.05) is 25.0 Å². The molecule has 0 spiro atoms. The fraction of sp³-hybridized carbons (Fsp3) is 0.400. The molecular formula is C20H27N3O. The molecule has 0 aliphatic carbocycles. The van der Waals surface area contributed by atoms with Crippen molar-refractivity contribution >= 4 is 17.3 Å². The topological polar surface area (TPSA) is 45.2 Å². The molecule has 4 nitrogen and oxygen atoms in total. The van der Waals surface area contributed by atoms with Crippen molar-refractivity contribution < 1.29 is 4.79 Å². The molecule has 0 saturated carbocycles. The highest BCUT2D eigenvalue weighted by Gasteiger charge is 2.15. The number of carbonyl (C=O) groups excluding carboxylic acids is 1. The fourth-order valence-electron chi connectivity index (χ4n) is 2.65. The van der Waals surface area contributed by atoms with Gasteiger partial charge >= 0.3 is 0 Å². The second kappa shape index (κ2) is 9.06. The number of aryl methyl sites for hydroxylation is 1. The summed E-state index contributed by atoms with van der Waals surface area (Å²) in [6.45, 7) is 7.88. The molecule has 128 valence electrons. The first kappa shape index (κ1) is 18.0. The molecule has 0 atom stereocenters. The maximum Gasteiger partial charge on any atom is 0.255 e. The Morgan fingerprint density at radius 1 is 1.00 bits per heavy atom. The number of carbonyl (C=O) groups is 1. The average molecular weight is 325 g/mol. The third-order valence-electron chi connectivity index (χ3n) is 3.91. The predicted octanol–water partition coefficient (Wildman–Crippen LogP) is 4.65. The second-order valence-electron chi connectivity index (χ2n) is 5.93. The number of nitrogens with one attached hydrogen (secondary N) is 1. The summed E-state index contributed by atoms with van der Waals surface area (Å²) in [5, 5.41) is 3.32. The summed E-state index contributed by atoms with van der Waals surface area (Å²) in [5.41, 5.74) is 3.76. The van der Waals surface area contributed by atoms with Crippen LogP contribution in [0.4, 0.5) is 11.4 Å². The van der Waals surface area contributed by atoms with Crippen molar-refractivity contribution in [2.24, 2.45) is 0 Å². The molecule has 1 aromatic heterocycles. The largest absolute Gasteiger partial charge is 0.354 e. The molecule has 4 heteroatoms. The van der Waals surface area contributed by atoms with E-state index in [1.807, 2.05) is 23.1 Å².